The molecule has 0 heterocycles. The predicted molar refractivity (Wildman–Crippen MR) is 175 cm³/mol. The lowest BCUT2D eigenvalue weighted by Gasteiger charge is -2.27. The van der Waals surface area contributed by atoms with E-state index in [4.69, 9.17) is 18.9 Å². The van der Waals surface area contributed by atoms with Gasteiger partial charge in [-0.2, -0.15) is 8.78 Å². The molecule has 0 bridgehead atoms. The van der Waals surface area contributed by atoms with Crippen LogP contribution in [0.2, 0.25) is 0 Å². The Hall–Kier alpha value is -0.840. The van der Waals surface area contributed by atoms with E-state index in [2.05, 4.69) is 0 Å². The van der Waals surface area contributed by atoms with Crippen molar-refractivity contribution < 1.29 is 45.3 Å². The molecular weight excluding hydrogens is 598 g/mol. The number of allylic oxidation sites excluding steroid dienone is 1. The van der Waals surface area contributed by atoms with E-state index in [1.54, 1.807) is 83.1 Å². The van der Waals surface area contributed by atoms with Crippen LogP contribution in [0.4, 0.5) is 26.3 Å². The Bertz CT molecular complexity index is 730. The van der Waals surface area contributed by atoms with Gasteiger partial charge in [-0.05, 0) is 106 Å². The maximum atomic E-state index is 13.4. The van der Waals surface area contributed by atoms with E-state index < -0.39 is 66.6 Å². The maximum absolute atomic E-state index is 13.4. The molecule has 0 amide bonds. The fourth-order valence-electron chi connectivity index (χ4n) is 2.37. The van der Waals surface area contributed by atoms with Gasteiger partial charge in [0, 0.05) is 6.42 Å². The van der Waals surface area contributed by atoms with Crippen LogP contribution in [0.15, 0.2) is 12.2 Å². The van der Waals surface area contributed by atoms with E-state index in [1.165, 1.54) is 6.08 Å². The summed E-state index contributed by atoms with van der Waals surface area (Å²) in [5, 5.41) is 0. The Kier molecular flexibility index (Phi) is 19.5. The Labute approximate surface area is 272 Å². The molecule has 10 heteroatoms. The topological polar surface area (TPSA) is 36.9 Å². The zero-order valence-corrected chi connectivity index (χ0v) is 31.8. The van der Waals surface area contributed by atoms with E-state index in [0.29, 0.717) is 6.42 Å². The summed E-state index contributed by atoms with van der Waals surface area (Å²) in [7, 11) is 0. The van der Waals surface area contributed by atoms with E-state index >= 15 is 0 Å². The van der Waals surface area contributed by atoms with E-state index in [9.17, 15) is 26.3 Å². The number of halogens is 6. The summed E-state index contributed by atoms with van der Waals surface area (Å²) in [6.07, 6.45) is 2.85. The fourth-order valence-corrected chi connectivity index (χ4v) is 2.37. The second kappa shape index (κ2) is 18.1. The smallest absolute Gasteiger partial charge is 0.293 e. The normalized spacial score (nSPS) is 14.6. The van der Waals surface area contributed by atoms with E-state index in [0.717, 1.165) is 6.08 Å². The molecule has 0 fully saturated rings. The van der Waals surface area contributed by atoms with Crippen molar-refractivity contribution in [3.63, 3.8) is 0 Å². The molecule has 0 N–H and O–H groups in total. The van der Waals surface area contributed by atoms with Crippen LogP contribution in [0, 0.1) is 10.8 Å². The van der Waals surface area contributed by atoms with Crippen LogP contribution in [0.1, 0.15) is 137 Å². The minimum Gasteiger partial charge on any atom is -0.370 e. The highest BCUT2D eigenvalue weighted by atomic mass is 19.3. The molecule has 45 heavy (non-hydrogen) atoms. The van der Waals surface area contributed by atoms with Gasteiger partial charge in [-0.15, -0.1) is 0 Å². The van der Waals surface area contributed by atoms with Crippen molar-refractivity contribution in [1.29, 1.82) is 0 Å². The van der Waals surface area contributed by atoms with Crippen molar-refractivity contribution in [3.05, 3.63) is 12.2 Å². The maximum Gasteiger partial charge on any atom is 0.293 e. The summed E-state index contributed by atoms with van der Waals surface area (Å²) in [5.74, 6) is -8.53. The van der Waals surface area contributed by atoms with Gasteiger partial charge in [-0.3, -0.25) is 0 Å². The van der Waals surface area contributed by atoms with Crippen molar-refractivity contribution in [2.24, 2.45) is 10.8 Å². The first-order valence-electron chi connectivity index (χ1n) is 15.6. The molecule has 0 radical (unpaired) electrons. The first kappa shape index (κ1) is 48.6. The molecule has 0 saturated heterocycles. The minimum absolute atomic E-state index is 0.0504. The Balaban J connectivity index is -0.000000588. The molecule has 4 nitrogen and oxygen atoms in total. The van der Waals surface area contributed by atoms with Crippen LogP contribution in [0.5, 0.6) is 0 Å². The zero-order chi connectivity index (χ0) is 37.0. The molecule has 0 aliphatic carbocycles. The lowest BCUT2D eigenvalue weighted by molar-refractivity contribution is -0.172. The second-order valence-corrected chi connectivity index (χ2v) is 17.8. The summed E-state index contributed by atoms with van der Waals surface area (Å²) >= 11 is 0. The average Bonchev–Trinajstić information content (AvgIpc) is 2.75. The van der Waals surface area contributed by atoms with E-state index in [-0.39, 0.29) is 17.3 Å². The Morgan fingerprint density at radius 1 is 0.378 bits per heavy atom. The van der Waals surface area contributed by atoms with Gasteiger partial charge < -0.3 is 18.9 Å². The van der Waals surface area contributed by atoms with Gasteiger partial charge in [-0.25, -0.2) is 17.6 Å². The van der Waals surface area contributed by atoms with Gasteiger partial charge in [0.2, 0.25) is 0 Å². The average molecular weight is 667 g/mol. The highest BCUT2D eigenvalue weighted by molar-refractivity contribution is 5.00. The third kappa shape index (κ3) is 43.2. The number of rotatable bonds is 11. The molecule has 0 aromatic heterocycles. The lowest BCUT2D eigenvalue weighted by Crippen LogP contribution is -2.37. The fraction of sp³-hybridized carbons (Fsp3) is 0.943. The van der Waals surface area contributed by atoms with Crippen LogP contribution in [-0.4, -0.2) is 66.6 Å². The van der Waals surface area contributed by atoms with Gasteiger partial charge in [0.1, 0.15) is 26.4 Å². The minimum atomic E-state index is -2.93. The molecule has 0 spiro atoms. The van der Waals surface area contributed by atoms with Crippen LogP contribution < -0.4 is 0 Å². The number of hydrogen-bond donors (Lipinski definition) is 0. The van der Waals surface area contributed by atoms with Crippen molar-refractivity contribution in [3.8, 4) is 0 Å². The molecule has 0 aromatic rings. The van der Waals surface area contributed by atoms with Crippen molar-refractivity contribution >= 4 is 0 Å². The molecule has 0 saturated carbocycles. The monoisotopic (exact) mass is 667 g/mol. The third-order valence-corrected chi connectivity index (χ3v) is 4.91. The first-order valence-corrected chi connectivity index (χ1v) is 15.6. The molecule has 0 unspecified atom stereocenters. The van der Waals surface area contributed by atoms with Gasteiger partial charge in [-0.1, -0.05) is 47.6 Å². The van der Waals surface area contributed by atoms with Gasteiger partial charge in [0.05, 0.1) is 22.4 Å². The van der Waals surface area contributed by atoms with Gasteiger partial charge >= 0.3 is 0 Å². The number of ether oxygens (including phenoxy) is 4. The Morgan fingerprint density at radius 3 is 0.933 bits per heavy atom. The van der Waals surface area contributed by atoms with Gasteiger partial charge in [0.15, 0.2) is 0 Å². The van der Waals surface area contributed by atoms with Gasteiger partial charge in [0.25, 0.3) is 17.8 Å². The number of hydrogen-bond acceptors (Lipinski definition) is 4. The summed E-state index contributed by atoms with van der Waals surface area (Å²) < 4.78 is 100.0. The first-order chi connectivity index (χ1) is 19.2. The Morgan fingerprint density at radius 2 is 0.667 bits per heavy atom. The van der Waals surface area contributed by atoms with Crippen molar-refractivity contribution in [2.75, 3.05) is 26.4 Å². The third-order valence-electron chi connectivity index (χ3n) is 4.91. The molecule has 0 aliphatic rings. The highest BCUT2D eigenvalue weighted by Crippen LogP contribution is 2.30. The van der Waals surface area contributed by atoms with Crippen molar-refractivity contribution in [2.45, 2.75) is 178 Å². The zero-order valence-electron chi connectivity index (χ0n) is 31.8. The molecule has 0 rings (SSSR count). The molecular formula is C35H68F6O4. The second-order valence-electron chi connectivity index (χ2n) is 17.8. The van der Waals surface area contributed by atoms with Crippen LogP contribution in [0.25, 0.3) is 0 Å². The predicted octanol–water partition coefficient (Wildman–Crippen LogP) is 11.6. The van der Waals surface area contributed by atoms with Crippen LogP contribution >= 0.6 is 0 Å². The summed E-state index contributed by atoms with van der Waals surface area (Å²) in [5.41, 5.74) is -2.41. The summed E-state index contributed by atoms with van der Waals surface area (Å²) in [6, 6.07) is 0. The standard InChI is InChI=1S/C12H24F2O.C12H22F2O.C11H22F2O2/c2*1-10(2,3)7-8-12(13,14)9-15-11(4,5)6;1-9(2,3)14-7-11(12,13)8-15-10(4,5)6/h7-9H2,1-6H3;7-8H,9H2,1-6H3;7-8H2,1-6H3/b;8-7+;. The van der Waals surface area contributed by atoms with Crippen LogP contribution in [0.3, 0.4) is 0 Å². The number of alkyl halides is 6. The van der Waals surface area contributed by atoms with Crippen molar-refractivity contribution in [1.82, 2.24) is 0 Å². The lowest BCUT2D eigenvalue weighted by atomic mass is 9.89. The largest absolute Gasteiger partial charge is 0.370 e. The highest BCUT2D eigenvalue weighted by Gasteiger charge is 2.34. The molecule has 0 aromatic carbocycles. The SMILES string of the molecule is CC(C)(C)/C=C/C(F)(F)COC(C)(C)C.CC(C)(C)CCC(F)(F)COC(C)(C)C.CC(C)(C)OCC(F)(F)COC(C)(C)C. The quantitative estimate of drug-likeness (QED) is 0.162. The summed E-state index contributed by atoms with van der Waals surface area (Å²) in [6.45, 7) is 30.4. The molecule has 274 valence electrons. The molecule has 0 atom stereocenters. The van der Waals surface area contributed by atoms with Crippen LogP contribution in [-0.2, 0) is 18.9 Å². The summed E-state index contributed by atoms with van der Waals surface area (Å²) in [4.78, 5) is 0. The van der Waals surface area contributed by atoms with E-state index in [1.807, 2.05) is 41.5 Å². The molecule has 0 aliphatic heterocycles.